The second-order valence-corrected chi connectivity index (χ2v) is 6.31. The van der Waals surface area contributed by atoms with Gasteiger partial charge in [-0.25, -0.2) is 0 Å². The highest BCUT2D eigenvalue weighted by Gasteiger charge is 2.24. The van der Waals surface area contributed by atoms with Crippen LogP contribution in [0.15, 0.2) is 23.1 Å². The number of anilines is 1. The summed E-state index contributed by atoms with van der Waals surface area (Å²) < 4.78 is 0. The van der Waals surface area contributed by atoms with E-state index in [9.17, 15) is 0 Å². The first-order valence-corrected chi connectivity index (χ1v) is 8.09. The molecule has 1 aliphatic heterocycles. The van der Waals surface area contributed by atoms with Gasteiger partial charge in [-0.2, -0.15) is 0 Å². The van der Waals surface area contributed by atoms with Crippen molar-refractivity contribution in [1.29, 1.82) is 0 Å². The van der Waals surface area contributed by atoms with Crippen LogP contribution >= 0.6 is 11.8 Å². The molecule has 3 N–H and O–H groups in total. The molecule has 106 valence electrons. The summed E-state index contributed by atoms with van der Waals surface area (Å²) in [6.07, 6.45) is 2.09. The lowest BCUT2D eigenvalue weighted by Gasteiger charge is -2.23. The normalized spacial score (nSPS) is 19.1. The molecular formula is C15H24N2OS. The van der Waals surface area contributed by atoms with Crippen LogP contribution < -0.4 is 10.6 Å². The summed E-state index contributed by atoms with van der Waals surface area (Å²) in [5.74, 6) is 1.70. The average molecular weight is 280 g/mol. The third kappa shape index (κ3) is 3.44. The van der Waals surface area contributed by atoms with Gasteiger partial charge < -0.3 is 15.7 Å². The monoisotopic (exact) mass is 280 g/mol. The SMILES string of the molecule is CCSc1cccc(N2CCC(CCO)C2)c1CN. The van der Waals surface area contributed by atoms with Gasteiger partial charge >= 0.3 is 0 Å². The van der Waals surface area contributed by atoms with Gasteiger partial charge in [-0.1, -0.05) is 13.0 Å². The molecule has 2 rings (SSSR count). The minimum absolute atomic E-state index is 0.300. The van der Waals surface area contributed by atoms with Gasteiger partial charge in [0.15, 0.2) is 0 Å². The molecule has 0 bridgehead atoms. The number of aliphatic hydroxyl groups excluding tert-OH is 1. The average Bonchev–Trinajstić information content (AvgIpc) is 2.88. The van der Waals surface area contributed by atoms with Gasteiger partial charge in [0, 0.05) is 42.4 Å². The number of hydrogen-bond acceptors (Lipinski definition) is 4. The van der Waals surface area contributed by atoms with Crippen molar-refractivity contribution in [2.75, 3.05) is 30.3 Å². The van der Waals surface area contributed by atoms with Gasteiger partial charge in [0.2, 0.25) is 0 Å². The molecule has 0 amide bonds. The Morgan fingerprint density at radius 2 is 2.32 bits per heavy atom. The summed E-state index contributed by atoms with van der Waals surface area (Å²) >= 11 is 1.86. The van der Waals surface area contributed by atoms with Crippen LogP contribution in [0.25, 0.3) is 0 Å². The van der Waals surface area contributed by atoms with Crippen LogP contribution in [0.3, 0.4) is 0 Å². The van der Waals surface area contributed by atoms with Crippen LogP contribution in [0.5, 0.6) is 0 Å². The van der Waals surface area contributed by atoms with Crippen LogP contribution in [0.4, 0.5) is 5.69 Å². The van der Waals surface area contributed by atoms with Crippen molar-refractivity contribution < 1.29 is 5.11 Å². The van der Waals surface area contributed by atoms with E-state index in [4.69, 9.17) is 10.8 Å². The lowest BCUT2D eigenvalue weighted by atomic mass is 10.1. The second-order valence-electron chi connectivity index (χ2n) is 5.00. The molecule has 3 nitrogen and oxygen atoms in total. The van der Waals surface area contributed by atoms with Crippen molar-refractivity contribution in [2.24, 2.45) is 11.7 Å². The minimum Gasteiger partial charge on any atom is -0.396 e. The van der Waals surface area contributed by atoms with Crippen LogP contribution in [0.1, 0.15) is 25.3 Å². The van der Waals surface area contributed by atoms with E-state index in [1.165, 1.54) is 22.6 Å². The standard InChI is InChI=1S/C15H24N2OS/c1-2-19-15-5-3-4-14(13(15)10-16)17-8-6-12(11-17)7-9-18/h3-5,12,18H,2,6-11,16H2,1H3. The second kappa shape index (κ2) is 7.17. The molecule has 0 radical (unpaired) electrons. The third-order valence-electron chi connectivity index (χ3n) is 3.78. The number of thioether (sulfide) groups is 1. The summed E-state index contributed by atoms with van der Waals surface area (Å²) in [6, 6.07) is 6.48. The Morgan fingerprint density at radius 1 is 1.47 bits per heavy atom. The molecule has 1 saturated heterocycles. The highest BCUT2D eigenvalue weighted by Crippen LogP contribution is 2.33. The molecule has 4 heteroatoms. The summed E-state index contributed by atoms with van der Waals surface area (Å²) in [4.78, 5) is 3.75. The van der Waals surface area contributed by atoms with Crippen molar-refractivity contribution in [3.05, 3.63) is 23.8 Å². The molecule has 0 aliphatic carbocycles. The quantitative estimate of drug-likeness (QED) is 0.786. The molecule has 0 saturated carbocycles. The first kappa shape index (κ1) is 14.7. The number of hydrogen-bond donors (Lipinski definition) is 2. The zero-order valence-electron chi connectivity index (χ0n) is 11.6. The molecule has 0 spiro atoms. The number of benzene rings is 1. The smallest absolute Gasteiger partial charge is 0.0434 e. The number of nitrogens with zero attached hydrogens (tertiary/aromatic N) is 1. The Bertz CT molecular complexity index is 411. The van der Waals surface area contributed by atoms with Gasteiger partial charge in [0.1, 0.15) is 0 Å². The first-order chi connectivity index (χ1) is 9.30. The van der Waals surface area contributed by atoms with Crippen LogP contribution in [-0.4, -0.2) is 30.6 Å². The zero-order valence-corrected chi connectivity index (χ0v) is 12.5. The molecule has 1 unspecified atom stereocenters. The Labute approximate surface area is 120 Å². The van der Waals surface area contributed by atoms with E-state index in [1.54, 1.807) is 0 Å². The predicted molar refractivity (Wildman–Crippen MR) is 82.8 cm³/mol. The van der Waals surface area contributed by atoms with E-state index >= 15 is 0 Å². The molecule has 1 aromatic carbocycles. The van der Waals surface area contributed by atoms with Crippen molar-refractivity contribution >= 4 is 17.4 Å². The maximum Gasteiger partial charge on any atom is 0.0434 e. The van der Waals surface area contributed by atoms with Gasteiger partial charge in [-0.15, -0.1) is 11.8 Å². The summed E-state index contributed by atoms with van der Waals surface area (Å²) in [7, 11) is 0. The Balaban J connectivity index is 2.18. The largest absolute Gasteiger partial charge is 0.396 e. The fraction of sp³-hybridized carbons (Fsp3) is 0.600. The van der Waals surface area contributed by atoms with Gasteiger partial charge in [0.05, 0.1) is 0 Å². The Hall–Kier alpha value is -0.710. The van der Waals surface area contributed by atoms with Crippen molar-refractivity contribution in [1.82, 2.24) is 0 Å². The van der Waals surface area contributed by atoms with Crippen LogP contribution in [0, 0.1) is 5.92 Å². The van der Waals surface area contributed by atoms with E-state index in [1.807, 2.05) is 11.8 Å². The summed E-state index contributed by atoms with van der Waals surface area (Å²) in [5.41, 5.74) is 8.53. The van der Waals surface area contributed by atoms with E-state index in [0.717, 1.165) is 25.3 Å². The Kier molecular flexibility index (Phi) is 5.55. The van der Waals surface area contributed by atoms with Gasteiger partial charge in [-0.05, 0) is 36.6 Å². The molecule has 1 atom stereocenters. The molecule has 19 heavy (non-hydrogen) atoms. The van der Waals surface area contributed by atoms with Crippen molar-refractivity contribution in [2.45, 2.75) is 31.2 Å². The Morgan fingerprint density at radius 3 is 3.00 bits per heavy atom. The van der Waals surface area contributed by atoms with E-state index < -0.39 is 0 Å². The van der Waals surface area contributed by atoms with Gasteiger partial charge in [-0.3, -0.25) is 0 Å². The first-order valence-electron chi connectivity index (χ1n) is 7.10. The molecule has 1 heterocycles. The van der Waals surface area contributed by atoms with Crippen LogP contribution in [-0.2, 0) is 6.54 Å². The van der Waals surface area contributed by atoms with Crippen molar-refractivity contribution in [3.63, 3.8) is 0 Å². The van der Waals surface area contributed by atoms with Crippen molar-refractivity contribution in [3.8, 4) is 0 Å². The predicted octanol–water partition coefficient (Wildman–Crippen LogP) is 2.47. The topological polar surface area (TPSA) is 49.5 Å². The summed E-state index contributed by atoms with van der Waals surface area (Å²) in [5, 5.41) is 9.06. The molecular weight excluding hydrogens is 256 g/mol. The lowest BCUT2D eigenvalue weighted by Crippen LogP contribution is -2.22. The summed E-state index contributed by atoms with van der Waals surface area (Å²) in [6.45, 7) is 5.20. The third-order valence-corrected chi connectivity index (χ3v) is 4.76. The number of aliphatic hydroxyl groups is 1. The van der Waals surface area contributed by atoms with Gasteiger partial charge in [0.25, 0.3) is 0 Å². The maximum absolute atomic E-state index is 9.06. The highest BCUT2D eigenvalue weighted by atomic mass is 32.2. The zero-order chi connectivity index (χ0) is 13.7. The van der Waals surface area contributed by atoms with E-state index in [-0.39, 0.29) is 0 Å². The van der Waals surface area contributed by atoms with E-state index in [2.05, 4.69) is 30.0 Å². The molecule has 1 aromatic rings. The lowest BCUT2D eigenvalue weighted by molar-refractivity contribution is 0.263. The number of rotatable bonds is 6. The van der Waals surface area contributed by atoms with Crippen LogP contribution in [0.2, 0.25) is 0 Å². The highest BCUT2D eigenvalue weighted by molar-refractivity contribution is 7.99. The van der Waals surface area contributed by atoms with E-state index in [0.29, 0.717) is 19.1 Å². The maximum atomic E-state index is 9.06. The molecule has 0 aromatic heterocycles. The fourth-order valence-corrected chi connectivity index (χ4v) is 3.66. The number of nitrogens with two attached hydrogens (primary N) is 1. The molecule has 1 fully saturated rings. The minimum atomic E-state index is 0.300. The molecule has 1 aliphatic rings. The fourth-order valence-electron chi connectivity index (χ4n) is 2.82.